The molecule has 0 N–H and O–H groups in total. The monoisotopic (exact) mass is 966 g/mol. The van der Waals surface area contributed by atoms with Crippen LogP contribution in [-0.2, 0) is 10.8 Å². The molecule has 15 rings (SSSR count). The van der Waals surface area contributed by atoms with E-state index in [9.17, 15) is 0 Å². The highest BCUT2D eigenvalue weighted by Crippen LogP contribution is 2.61. The van der Waals surface area contributed by atoms with E-state index in [-0.39, 0.29) is 22.4 Å². The molecule has 0 radical (unpaired) electrons. The molecule has 4 aliphatic carbocycles. The van der Waals surface area contributed by atoms with Gasteiger partial charge in [0.2, 0.25) is 0 Å². The Kier molecular flexibility index (Phi) is 9.64. The summed E-state index contributed by atoms with van der Waals surface area (Å²) in [7, 11) is 0. The van der Waals surface area contributed by atoms with Crippen molar-refractivity contribution in [3.63, 3.8) is 0 Å². The molecule has 0 aromatic heterocycles. The van der Waals surface area contributed by atoms with Gasteiger partial charge in [0.05, 0.1) is 45.7 Å². The Hall–Kier alpha value is -8.60. The molecule has 4 heteroatoms. The number of anilines is 10. The Morgan fingerprint density at radius 2 is 0.853 bits per heavy atom. The summed E-state index contributed by atoms with van der Waals surface area (Å²) in [5.41, 5.74) is 25.1. The summed E-state index contributed by atoms with van der Waals surface area (Å²) in [4.78, 5) is 10.0. The largest absolute Gasteiger partial charge is 0.330 e. The van der Waals surface area contributed by atoms with Crippen LogP contribution in [0.3, 0.4) is 0 Å². The van der Waals surface area contributed by atoms with Gasteiger partial charge in [0, 0.05) is 33.6 Å². The Morgan fingerprint density at radius 3 is 1.47 bits per heavy atom. The van der Waals surface area contributed by atoms with Gasteiger partial charge in [0.1, 0.15) is 0 Å². The van der Waals surface area contributed by atoms with Crippen molar-refractivity contribution in [1.82, 2.24) is 0 Å². The third kappa shape index (κ3) is 6.42. The quantitative estimate of drug-likeness (QED) is 0.154. The average molecular weight is 967 g/mol. The molecular weight excluding hydrogens is 909 g/mol. The van der Waals surface area contributed by atoms with E-state index in [0.29, 0.717) is 0 Å². The van der Waals surface area contributed by atoms with Crippen LogP contribution in [0.15, 0.2) is 231 Å². The summed E-state index contributed by atoms with van der Waals surface area (Å²) in [5, 5.41) is 0. The van der Waals surface area contributed by atoms with Crippen LogP contribution in [0, 0.1) is 0 Å². The maximum absolute atomic E-state index is 2.58. The molecule has 2 heterocycles. The van der Waals surface area contributed by atoms with Gasteiger partial charge in [-0.2, -0.15) is 0 Å². The molecule has 4 nitrogen and oxygen atoms in total. The number of allylic oxidation sites excluding steroid dienone is 2. The SMILES string of the molecule is CC1(C)c2cc(/C=C/c3ccc4c(c3)C3(CCCC3)c3cc(N5c6ccccc6N(c6ccccc6)c6ccccc65)ccc3-4)ccc2-c2ccc(N3c4ccccc4N(c4ccccc4)C4(C)C=CC=CC34)cc21. The summed E-state index contributed by atoms with van der Waals surface area (Å²) < 4.78 is 0. The molecule has 9 aromatic rings. The normalized spacial score (nSPS) is 19.6. The molecule has 75 heavy (non-hydrogen) atoms. The van der Waals surface area contributed by atoms with Crippen LogP contribution in [0.4, 0.5) is 56.9 Å². The molecular formula is C71H58N4. The van der Waals surface area contributed by atoms with Crippen LogP contribution >= 0.6 is 0 Å². The second-order valence-corrected chi connectivity index (χ2v) is 22.2. The minimum absolute atomic E-state index is 0.00219. The van der Waals surface area contributed by atoms with E-state index in [1.807, 2.05) is 0 Å². The van der Waals surface area contributed by atoms with Gasteiger partial charge in [-0.25, -0.2) is 0 Å². The number of benzene rings is 9. The summed E-state index contributed by atoms with van der Waals surface area (Å²) in [6, 6.07) is 77.3. The van der Waals surface area contributed by atoms with Crippen LogP contribution < -0.4 is 19.6 Å². The molecule has 0 amide bonds. The average Bonchev–Trinajstić information content (AvgIpc) is 4.15. The van der Waals surface area contributed by atoms with Crippen LogP contribution in [0.5, 0.6) is 0 Å². The van der Waals surface area contributed by atoms with Gasteiger partial charge in [-0.3, -0.25) is 0 Å². The molecule has 2 atom stereocenters. The molecule has 1 fully saturated rings. The highest BCUT2D eigenvalue weighted by Gasteiger charge is 2.49. The van der Waals surface area contributed by atoms with Gasteiger partial charge < -0.3 is 19.6 Å². The lowest BCUT2D eigenvalue weighted by atomic mass is 9.76. The van der Waals surface area contributed by atoms with E-state index in [0.717, 1.165) is 5.69 Å². The van der Waals surface area contributed by atoms with Gasteiger partial charge in [0.25, 0.3) is 0 Å². The Bertz CT molecular complexity index is 3830. The zero-order valence-electron chi connectivity index (χ0n) is 42.8. The Morgan fingerprint density at radius 1 is 0.400 bits per heavy atom. The van der Waals surface area contributed by atoms with Gasteiger partial charge >= 0.3 is 0 Å². The predicted molar refractivity (Wildman–Crippen MR) is 315 cm³/mol. The molecule has 2 unspecified atom stereocenters. The van der Waals surface area contributed by atoms with Crippen molar-refractivity contribution in [2.24, 2.45) is 0 Å². The smallest absolute Gasteiger partial charge is 0.0851 e. The number of hydrogen-bond donors (Lipinski definition) is 0. The maximum atomic E-state index is 2.58. The Balaban J connectivity index is 0.744. The lowest BCUT2D eigenvalue weighted by Crippen LogP contribution is -2.60. The minimum Gasteiger partial charge on any atom is -0.330 e. The van der Waals surface area contributed by atoms with Crippen molar-refractivity contribution >= 4 is 69.0 Å². The van der Waals surface area contributed by atoms with Crippen LogP contribution in [0.25, 0.3) is 34.4 Å². The van der Waals surface area contributed by atoms with E-state index >= 15 is 0 Å². The molecule has 0 bridgehead atoms. The first kappa shape index (κ1) is 43.9. The number of hydrogen-bond acceptors (Lipinski definition) is 4. The van der Waals surface area contributed by atoms with Crippen LogP contribution in [0.1, 0.15) is 79.8 Å². The minimum atomic E-state index is -0.312. The maximum Gasteiger partial charge on any atom is 0.0851 e. The van der Waals surface area contributed by atoms with E-state index < -0.39 is 0 Å². The van der Waals surface area contributed by atoms with Crippen molar-refractivity contribution in [2.45, 2.75) is 68.9 Å². The standard InChI is InChI=1S/C71H58N4/c1-69(2)58-44-48(33-37-54(58)55-39-36-53(46-59(55)69)74-66-28-14-15-29-67(66)75(51-22-8-5-9-23-51)70(3)41-17-16-30-68(70)74)31-32-49-34-38-56-57-40-35-52(47-61(57)71(60(56)45-49)42-18-19-43-71)73-64-26-12-10-24-62(64)72(50-20-6-4-7-21-50)63-25-11-13-27-65(63)73/h4-17,20-41,44-47,68H,18-19,42-43H2,1-3H3/b32-31+. The van der Waals surface area contributed by atoms with E-state index in [1.54, 1.807) is 0 Å². The topological polar surface area (TPSA) is 13.0 Å². The fourth-order valence-corrected chi connectivity index (χ4v) is 14.4. The highest BCUT2D eigenvalue weighted by molar-refractivity contribution is 6.02. The zero-order valence-corrected chi connectivity index (χ0v) is 42.8. The zero-order chi connectivity index (χ0) is 50.0. The summed E-state index contributed by atoms with van der Waals surface area (Å²) in [6.45, 7) is 7.21. The summed E-state index contributed by atoms with van der Waals surface area (Å²) in [6.07, 6.45) is 18.7. The number of fused-ring (bicyclic) bond motifs is 12. The third-order valence-corrected chi connectivity index (χ3v) is 17.8. The van der Waals surface area contributed by atoms with Crippen molar-refractivity contribution in [3.05, 3.63) is 264 Å². The molecule has 1 spiro atoms. The predicted octanol–water partition coefficient (Wildman–Crippen LogP) is 18.8. The molecule has 1 saturated carbocycles. The molecule has 0 saturated heterocycles. The van der Waals surface area contributed by atoms with Gasteiger partial charge in [0.15, 0.2) is 0 Å². The number of nitrogens with zero attached hydrogens (tertiary/aromatic N) is 4. The van der Waals surface area contributed by atoms with Crippen molar-refractivity contribution in [1.29, 1.82) is 0 Å². The molecule has 362 valence electrons. The Labute approximate surface area is 441 Å². The van der Waals surface area contributed by atoms with Gasteiger partial charge in [-0.15, -0.1) is 0 Å². The lowest BCUT2D eigenvalue weighted by molar-refractivity contribution is 0.479. The fraction of sp³-hybridized carbons (Fsp3) is 0.155. The third-order valence-electron chi connectivity index (χ3n) is 17.8. The summed E-state index contributed by atoms with van der Waals surface area (Å²) in [5.74, 6) is 0. The van der Waals surface area contributed by atoms with Crippen molar-refractivity contribution in [2.75, 3.05) is 19.6 Å². The second-order valence-electron chi connectivity index (χ2n) is 22.2. The van der Waals surface area contributed by atoms with Crippen molar-refractivity contribution < 1.29 is 0 Å². The van der Waals surface area contributed by atoms with E-state index in [4.69, 9.17) is 0 Å². The lowest BCUT2D eigenvalue weighted by Gasteiger charge is -2.55. The fourth-order valence-electron chi connectivity index (χ4n) is 14.4. The van der Waals surface area contributed by atoms with Crippen LogP contribution in [-0.4, -0.2) is 11.6 Å². The van der Waals surface area contributed by atoms with E-state index in [1.165, 1.54) is 133 Å². The number of rotatable bonds is 6. The molecule has 9 aromatic carbocycles. The van der Waals surface area contributed by atoms with Crippen LogP contribution in [0.2, 0.25) is 0 Å². The highest BCUT2D eigenvalue weighted by atomic mass is 15.3. The first-order chi connectivity index (χ1) is 36.8. The second kappa shape index (κ2) is 16.5. The van der Waals surface area contributed by atoms with Crippen molar-refractivity contribution in [3.8, 4) is 22.3 Å². The molecule has 6 aliphatic rings. The van der Waals surface area contributed by atoms with Gasteiger partial charge in [-0.1, -0.05) is 184 Å². The first-order valence-electron chi connectivity index (χ1n) is 27.0. The molecule has 2 aliphatic heterocycles. The first-order valence-corrected chi connectivity index (χ1v) is 27.0. The summed E-state index contributed by atoms with van der Waals surface area (Å²) >= 11 is 0. The van der Waals surface area contributed by atoms with Gasteiger partial charge in [-0.05, 0) is 160 Å². The number of para-hydroxylation sites is 8. The van der Waals surface area contributed by atoms with E-state index in [2.05, 4.69) is 283 Å².